The number of hydrogen-bond donors (Lipinski definition) is 0. The molecule has 146 valence electrons. The van der Waals surface area contributed by atoms with Gasteiger partial charge in [-0.1, -0.05) is 57.4 Å². The van der Waals surface area contributed by atoms with Gasteiger partial charge in [0.1, 0.15) is 4.88 Å². The van der Waals surface area contributed by atoms with E-state index in [1.54, 1.807) is 41.8 Å². The summed E-state index contributed by atoms with van der Waals surface area (Å²) in [5.74, 6) is -0.0551. The Morgan fingerprint density at radius 3 is 2.55 bits per heavy atom. The van der Waals surface area contributed by atoms with Gasteiger partial charge in [-0.25, -0.2) is 9.31 Å². The second-order valence-electron chi connectivity index (χ2n) is 5.93. The quantitative estimate of drug-likeness (QED) is 0.213. The summed E-state index contributed by atoms with van der Waals surface area (Å²) in [5, 5.41) is 9.73. The summed E-state index contributed by atoms with van der Waals surface area (Å²) >= 11 is 19.0. The minimum absolute atomic E-state index is 0.363. The minimum atomic E-state index is -0.603. The summed E-state index contributed by atoms with van der Waals surface area (Å²) < 4.78 is 1.60. The van der Waals surface area contributed by atoms with Crippen molar-refractivity contribution in [2.75, 3.05) is 0 Å². The van der Waals surface area contributed by atoms with Crippen LogP contribution in [0.15, 0.2) is 47.6 Å². The van der Waals surface area contributed by atoms with Gasteiger partial charge in [0.25, 0.3) is 0 Å². The molecule has 4 rings (SSSR count). The molecule has 29 heavy (non-hydrogen) atoms. The number of nitrogens with zero attached hydrogens (tertiary/aromatic N) is 4. The second kappa shape index (κ2) is 8.12. The Kier molecular flexibility index (Phi) is 5.56. The van der Waals surface area contributed by atoms with E-state index in [0.29, 0.717) is 42.0 Å². The van der Waals surface area contributed by atoms with Crippen molar-refractivity contribution in [3.05, 3.63) is 73.7 Å². The SMILES string of the molecule is Cc1c(C(=O)O/N=C/c2ccc(Cl)cc2Cl)sc2nc(-c3ccc(Cl)cc3)nn12. The van der Waals surface area contributed by atoms with E-state index in [0.717, 1.165) is 5.56 Å². The molecule has 0 aliphatic carbocycles. The van der Waals surface area contributed by atoms with Crippen LogP contribution in [0.5, 0.6) is 0 Å². The number of carbonyl (C=O) groups excluding carboxylic acids is 1. The fourth-order valence-electron chi connectivity index (χ4n) is 2.53. The highest BCUT2D eigenvalue weighted by molar-refractivity contribution is 7.19. The Morgan fingerprint density at radius 1 is 1.14 bits per heavy atom. The topological polar surface area (TPSA) is 68.8 Å². The number of aromatic nitrogens is 3. The maximum atomic E-state index is 12.4. The number of oxime groups is 1. The van der Waals surface area contributed by atoms with Gasteiger partial charge in [0.05, 0.1) is 16.9 Å². The monoisotopic (exact) mass is 464 g/mol. The molecule has 0 atom stereocenters. The van der Waals surface area contributed by atoms with Crippen molar-refractivity contribution in [1.82, 2.24) is 14.6 Å². The van der Waals surface area contributed by atoms with Gasteiger partial charge in [-0.2, -0.15) is 4.98 Å². The van der Waals surface area contributed by atoms with Crippen molar-refractivity contribution in [2.45, 2.75) is 6.92 Å². The Morgan fingerprint density at radius 2 is 1.86 bits per heavy atom. The molecule has 0 unspecified atom stereocenters. The molecule has 0 bridgehead atoms. The van der Waals surface area contributed by atoms with Gasteiger partial charge in [0.2, 0.25) is 4.96 Å². The van der Waals surface area contributed by atoms with Crippen LogP contribution in [0.2, 0.25) is 15.1 Å². The van der Waals surface area contributed by atoms with Crippen LogP contribution in [0.25, 0.3) is 16.3 Å². The predicted octanol–water partition coefficient (Wildman–Crippen LogP) is 5.92. The average molecular weight is 466 g/mol. The highest BCUT2D eigenvalue weighted by Gasteiger charge is 2.20. The number of rotatable bonds is 4. The average Bonchev–Trinajstić information content (AvgIpc) is 3.24. The molecule has 0 aliphatic heterocycles. The van der Waals surface area contributed by atoms with Crippen molar-refractivity contribution in [3.63, 3.8) is 0 Å². The molecule has 0 spiro atoms. The Bertz CT molecular complexity index is 1250. The van der Waals surface area contributed by atoms with Gasteiger partial charge in [0, 0.05) is 21.2 Å². The van der Waals surface area contributed by atoms with Crippen LogP contribution in [-0.4, -0.2) is 26.8 Å². The van der Waals surface area contributed by atoms with E-state index in [1.165, 1.54) is 17.6 Å². The van der Waals surface area contributed by atoms with Crippen LogP contribution >= 0.6 is 46.1 Å². The summed E-state index contributed by atoms with van der Waals surface area (Å²) in [6, 6.07) is 12.1. The van der Waals surface area contributed by atoms with Crippen LogP contribution in [0, 0.1) is 6.92 Å². The maximum absolute atomic E-state index is 12.4. The molecule has 0 aliphatic rings. The van der Waals surface area contributed by atoms with Crippen molar-refractivity contribution < 1.29 is 9.63 Å². The van der Waals surface area contributed by atoms with Crippen LogP contribution in [-0.2, 0) is 4.84 Å². The van der Waals surface area contributed by atoms with Gasteiger partial charge in [-0.05, 0) is 43.3 Å². The standard InChI is InChI=1S/C19H11Cl3N4O2S/c1-10-16(18(27)28-23-9-12-4-7-14(21)8-15(12)22)29-19-24-17(25-26(10)19)11-2-5-13(20)6-3-11/h2-9H,1H3/b23-9+. The molecular weight excluding hydrogens is 455 g/mol. The maximum Gasteiger partial charge on any atom is 0.377 e. The first-order valence-electron chi connectivity index (χ1n) is 8.24. The van der Waals surface area contributed by atoms with Gasteiger partial charge in [-0.3, -0.25) is 0 Å². The van der Waals surface area contributed by atoms with Crippen molar-refractivity contribution in [3.8, 4) is 11.4 Å². The van der Waals surface area contributed by atoms with E-state index in [4.69, 9.17) is 39.6 Å². The van der Waals surface area contributed by atoms with Crippen LogP contribution < -0.4 is 0 Å². The molecule has 0 saturated carbocycles. The molecule has 2 aromatic heterocycles. The van der Waals surface area contributed by atoms with E-state index in [1.807, 2.05) is 12.1 Å². The minimum Gasteiger partial charge on any atom is -0.312 e. The lowest BCUT2D eigenvalue weighted by Gasteiger charge is -1.99. The molecule has 0 radical (unpaired) electrons. The zero-order valence-electron chi connectivity index (χ0n) is 14.8. The predicted molar refractivity (Wildman–Crippen MR) is 116 cm³/mol. The van der Waals surface area contributed by atoms with E-state index in [2.05, 4.69) is 15.2 Å². The molecule has 2 heterocycles. The van der Waals surface area contributed by atoms with Crippen LogP contribution in [0.1, 0.15) is 20.9 Å². The summed E-state index contributed by atoms with van der Waals surface area (Å²) in [5.41, 5.74) is 2.02. The lowest BCUT2D eigenvalue weighted by Crippen LogP contribution is -2.02. The van der Waals surface area contributed by atoms with Gasteiger partial charge >= 0.3 is 5.97 Å². The number of hydrogen-bond acceptors (Lipinski definition) is 6. The Balaban J connectivity index is 1.53. The number of aryl methyl sites for hydroxylation is 1. The zero-order chi connectivity index (χ0) is 20.5. The van der Waals surface area contributed by atoms with Crippen LogP contribution in [0.4, 0.5) is 0 Å². The second-order valence-corrected chi connectivity index (χ2v) is 8.19. The van der Waals surface area contributed by atoms with Crippen molar-refractivity contribution in [2.24, 2.45) is 5.16 Å². The Labute approximate surface area is 184 Å². The highest BCUT2D eigenvalue weighted by Crippen LogP contribution is 2.26. The normalized spacial score (nSPS) is 11.4. The van der Waals surface area contributed by atoms with Gasteiger partial charge in [0.15, 0.2) is 5.82 Å². The fourth-order valence-corrected chi connectivity index (χ4v) is 4.05. The number of carbonyl (C=O) groups is 1. The third-order valence-corrected chi connectivity index (χ3v) is 5.92. The van der Waals surface area contributed by atoms with E-state index < -0.39 is 5.97 Å². The number of benzene rings is 2. The summed E-state index contributed by atoms with van der Waals surface area (Å²) in [6.07, 6.45) is 1.35. The summed E-state index contributed by atoms with van der Waals surface area (Å²) in [7, 11) is 0. The molecular formula is C19H11Cl3N4O2S. The fraction of sp³-hybridized carbons (Fsp3) is 0.0526. The molecule has 2 aromatic carbocycles. The van der Waals surface area contributed by atoms with Crippen molar-refractivity contribution >= 4 is 63.3 Å². The molecule has 4 aromatic rings. The lowest BCUT2D eigenvalue weighted by molar-refractivity contribution is 0.0523. The smallest absolute Gasteiger partial charge is 0.312 e. The van der Waals surface area contributed by atoms with E-state index >= 15 is 0 Å². The lowest BCUT2D eigenvalue weighted by atomic mass is 10.2. The molecule has 6 nitrogen and oxygen atoms in total. The molecule has 0 saturated heterocycles. The van der Waals surface area contributed by atoms with E-state index in [-0.39, 0.29) is 0 Å². The van der Waals surface area contributed by atoms with Crippen LogP contribution in [0.3, 0.4) is 0 Å². The third-order valence-electron chi connectivity index (χ3n) is 3.99. The number of fused-ring (bicyclic) bond motifs is 1. The molecule has 0 N–H and O–H groups in total. The third kappa shape index (κ3) is 4.13. The first-order valence-corrected chi connectivity index (χ1v) is 10.2. The highest BCUT2D eigenvalue weighted by atomic mass is 35.5. The summed E-state index contributed by atoms with van der Waals surface area (Å²) in [6.45, 7) is 1.76. The van der Waals surface area contributed by atoms with Crippen molar-refractivity contribution in [1.29, 1.82) is 0 Å². The first-order chi connectivity index (χ1) is 13.9. The molecule has 0 amide bonds. The first kappa shape index (κ1) is 19.8. The number of thiazole rings is 1. The largest absolute Gasteiger partial charge is 0.377 e. The zero-order valence-corrected chi connectivity index (χ0v) is 17.9. The number of halogens is 3. The summed E-state index contributed by atoms with van der Waals surface area (Å²) in [4.78, 5) is 22.8. The van der Waals surface area contributed by atoms with E-state index in [9.17, 15) is 4.79 Å². The Hall–Kier alpha value is -2.45. The molecule has 10 heteroatoms. The van der Waals surface area contributed by atoms with Gasteiger partial charge < -0.3 is 4.84 Å². The van der Waals surface area contributed by atoms with Gasteiger partial charge in [-0.15, -0.1) is 5.10 Å². The molecule has 0 fully saturated rings.